The first-order valence-electron chi connectivity index (χ1n) is 5.80. The number of rotatable bonds is 5. The highest BCUT2D eigenvalue weighted by Gasteiger charge is 2.34. The van der Waals surface area contributed by atoms with Crippen LogP contribution in [0.2, 0.25) is 0 Å². The van der Waals surface area contributed by atoms with Crippen LogP contribution >= 0.6 is 15.9 Å². The van der Waals surface area contributed by atoms with E-state index in [4.69, 9.17) is 4.74 Å². The number of hydrogen-bond donors (Lipinski definition) is 0. The van der Waals surface area contributed by atoms with Crippen molar-refractivity contribution in [3.8, 4) is 5.75 Å². The van der Waals surface area contributed by atoms with Crippen LogP contribution in [0.3, 0.4) is 0 Å². The van der Waals surface area contributed by atoms with Gasteiger partial charge in [-0.25, -0.2) is 0 Å². The van der Waals surface area contributed by atoms with Crippen molar-refractivity contribution in [2.24, 2.45) is 5.92 Å². The normalized spacial score (nSPS) is 11.9. The monoisotopic (exact) mass is 324 g/mol. The molecule has 0 aromatic heterocycles. The molecule has 1 rings (SSSR count). The van der Waals surface area contributed by atoms with Gasteiger partial charge in [0.15, 0.2) is 0 Å². The van der Waals surface area contributed by atoms with Crippen LogP contribution in [0.4, 0.5) is 13.2 Å². The first-order valence-corrected chi connectivity index (χ1v) is 6.59. The largest absolute Gasteiger partial charge is 0.493 e. The van der Waals surface area contributed by atoms with Crippen molar-refractivity contribution in [2.75, 3.05) is 6.61 Å². The molecule has 1 aromatic rings. The summed E-state index contributed by atoms with van der Waals surface area (Å²) in [5.74, 6) is 0.426. The molecular formula is C13H16BrF3O. The van der Waals surface area contributed by atoms with Crippen molar-refractivity contribution < 1.29 is 17.9 Å². The minimum Gasteiger partial charge on any atom is -0.493 e. The smallest absolute Gasteiger partial charge is 0.420 e. The van der Waals surface area contributed by atoms with Crippen LogP contribution in [0.5, 0.6) is 5.75 Å². The highest BCUT2D eigenvalue weighted by Crippen LogP contribution is 2.37. The first kappa shape index (κ1) is 15.3. The Labute approximate surface area is 113 Å². The van der Waals surface area contributed by atoms with Gasteiger partial charge in [0.1, 0.15) is 5.75 Å². The maximum atomic E-state index is 12.8. The molecular weight excluding hydrogens is 309 g/mol. The van der Waals surface area contributed by atoms with Crippen LogP contribution in [-0.2, 0) is 6.18 Å². The predicted molar refractivity (Wildman–Crippen MR) is 68.7 cm³/mol. The zero-order valence-corrected chi connectivity index (χ0v) is 11.9. The van der Waals surface area contributed by atoms with E-state index < -0.39 is 11.7 Å². The first-order chi connectivity index (χ1) is 8.30. The van der Waals surface area contributed by atoms with E-state index >= 15 is 0 Å². The molecule has 18 heavy (non-hydrogen) atoms. The zero-order valence-electron chi connectivity index (χ0n) is 10.4. The molecule has 0 aliphatic carbocycles. The summed E-state index contributed by atoms with van der Waals surface area (Å²) in [7, 11) is 0. The number of ether oxygens (including phenoxy) is 1. The van der Waals surface area contributed by atoms with E-state index in [0.29, 0.717) is 17.0 Å². The molecule has 0 heterocycles. The topological polar surface area (TPSA) is 9.23 Å². The minimum atomic E-state index is -4.39. The molecule has 0 unspecified atom stereocenters. The summed E-state index contributed by atoms with van der Waals surface area (Å²) in [6.07, 6.45) is -2.69. The van der Waals surface area contributed by atoms with Crippen molar-refractivity contribution in [1.82, 2.24) is 0 Å². The SMILES string of the molecule is CC(C)CCCOc1ccc(Br)cc1C(F)(F)F. The minimum absolute atomic E-state index is 0.102. The third-order valence-electron chi connectivity index (χ3n) is 2.43. The predicted octanol–water partition coefficient (Wildman–Crippen LogP) is 5.28. The van der Waals surface area contributed by atoms with Gasteiger partial charge in [-0.3, -0.25) is 0 Å². The maximum Gasteiger partial charge on any atom is 0.420 e. The molecule has 0 N–H and O–H groups in total. The molecule has 0 amide bonds. The molecule has 0 saturated carbocycles. The lowest BCUT2D eigenvalue weighted by Gasteiger charge is -2.14. The zero-order chi connectivity index (χ0) is 13.8. The number of benzene rings is 1. The molecule has 1 aromatic carbocycles. The van der Waals surface area contributed by atoms with Crippen molar-refractivity contribution >= 4 is 15.9 Å². The summed E-state index contributed by atoms with van der Waals surface area (Å²) in [6.45, 7) is 4.45. The van der Waals surface area contributed by atoms with E-state index in [1.807, 2.05) is 0 Å². The number of halogens is 4. The maximum absolute atomic E-state index is 12.8. The van der Waals surface area contributed by atoms with Gasteiger partial charge in [0.2, 0.25) is 0 Å². The van der Waals surface area contributed by atoms with Gasteiger partial charge in [-0.15, -0.1) is 0 Å². The molecule has 102 valence electrons. The Morgan fingerprint density at radius 2 is 1.94 bits per heavy atom. The highest BCUT2D eigenvalue weighted by atomic mass is 79.9. The summed E-state index contributed by atoms with van der Waals surface area (Å²) in [5, 5.41) is 0. The molecule has 0 radical (unpaired) electrons. The van der Waals surface area contributed by atoms with Crippen LogP contribution in [0.1, 0.15) is 32.3 Å². The van der Waals surface area contributed by atoms with Crippen molar-refractivity contribution in [3.63, 3.8) is 0 Å². The molecule has 0 atom stereocenters. The van der Waals surface area contributed by atoms with Crippen LogP contribution < -0.4 is 4.74 Å². The Morgan fingerprint density at radius 1 is 1.28 bits per heavy atom. The summed E-state index contributed by atoms with van der Waals surface area (Å²) >= 11 is 3.03. The molecule has 0 spiro atoms. The molecule has 0 aliphatic heterocycles. The van der Waals surface area contributed by atoms with E-state index in [0.717, 1.165) is 18.9 Å². The number of alkyl halides is 3. The second-order valence-corrected chi connectivity index (χ2v) is 5.44. The van der Waals surface area contributed by atoms with Gasteiger partial charge in [-0.2, -0.15) is 13.2 Å². The lowest BCUT2D eigenvalue weighted by Crippen LogP contribution is -2.09. The van der Waals surface area contributed by atoms with Crippen molar-refractivity contribution in [2.45, 2.75) is 32.9 Å². The second kappa shape index (κ2) is 6.45. The quantitative estimate of drug-likeness (QED) is 0.669. The van der Waals surface area contributed by atoms with Crippen LogP contribution in [0.25, 0.3) is 0 Å². The van der Waals surface area contributed by atoms with Gasteiger partial charge < -0.3 is 4.74 Å². The van der Waals surface area contributed by atoms with Crippen molar-refractivity contribution in [1.29, 1.82) is 0 Å². The summed E-state index contributed by atoms with van der Waals surface area (Å²) in [4.78, 5) is 0. The van der Waals surface area contributed by atoms with E-state index in [-0.39, 0.29) is 5.75 Å². The fourth-order valence-electron chi connectivity index (χ4n) is 1.52. The van der Waals surface area contributed by atoms with E-state index in [1.54, 1.807) is 6.07 Å². The van der Waals surface area contributed by atoms with E-state index in [2.05, 4.69) is 29.8 Å². The van der Waals surface area contributed by atoms with Crippen LogP contribution in [-0.4, -0.2) is 6.61 Å². The molecule has 5 heteroatoms. The third-order valence-corrected chi connectivity index (χ3v) is 2.92. The lowest BCUT2D eigenvalue weighted by molar-refractivity contribution is -0.139. The Hall–Kier alpha value is -0.710. The highest BCUT2D eigenvalue weighted by molar-refractivity contribution is 9.10. The van der Waals surface area contributed by atoms with Crippen LogP contribution in [0.15, 0.2) is 22.7 Å². The molecule has 0 fully saturated rings. The molecule has 0 bridgehead atoms. The van der Waals surface area contributed by atoms with Gasteiger partial charge in [-0.05, 0) is 37.0 Å². The summed E-state index contributed by atoms with van der Waals surface area (Å²) in [6, 6.07) is 3.94. The van der Waals surface area contributed by atoms with E-state index in [1.165, 1.54) is 6.07 Å². The van der Waals surface area contributed by atoms with Crippen molar-refractivity contribution in [3.05, 3.63) is 28.2 Å². The van der Waals surface area contributed by atoms with Gasteiger partial charge >= 0.3 is 6.18 Å². The average molecular weight is 325 g/mol. The second-order valence-electron chi connectivity index (χ2n) is 4.52. The fourth-order valence-corrected chi connectivity index (χ4v) is 1.88. The average Bonchev–Trinajstić information content (AvgIpc) is 2.24. The fraction of sp³-hybridized carbons (Fsp3) is 0.538. The van der Waals surface area contributed by atoms with E-state index in [9.17, 15) is 13.2 Å². The Morgan fingerprint density at radius 3 is 2.50 bits per heavy atom. The molecule has 0 aliphatic rings. The van der Waals surface area contributed by atoms with Gasteiger partial charge in [-0.1, -0.05) is 29.8 Å². The van der Waals surface area contributed by atoms with Gasteiger partial charge in [0.25, 0.3) is 0 Å². The Bertz CT molecular complexity index is 388. The van der Waals surface area contributed by atoms with Gasteiger partial charge in [0.05, 0.1) is 12.2 Å². The third kappa shape index (κ3) is 4.88. The number of hydrogen-bond acceptors (Lipinski definition) is 1. The summed E-state index contributed by atoms with van der Waals surface area (Å²) < 4.78 is 43.9. The summed E-state index contributed by atoms with van der Waals surface area (Å²) in [5.41, 5.74) is -0.735. The molecule has 1 nitrogen and oxygen atoms in total. The molecule has 0 saturated heterocycles. The Kier molecular flexibility index (Phi) is 5.50. The lowest BCUT2D eigenvalue weighted by atomic mass is 10.1. The van der Waals surface area contributed by atoms with Crippen LogP contribution in [0, 0.1) is 5.92 Å². The van der Waals surface area contributed by atoms with Gasteiger partial charge in [0, 0.05) is 4.47 Å². The standard InChI is InChI=1S/C13H16BrF3O/c1-9(2)4-3-7-18-12-6-5-10(14)8-11(12)13(15,16)17/h5-6,8-9H,3-4,7H2,1-2H3. The Balaban J connectivity index is 2.70.